The summed E-state index contributed by atoms with van der Waals surface area (Å²) >= 11 is 0. The van der Waals surface area contributed by atoms with Gasteiger partial charge in [0.2, 0.25) is 5.91 Å². The average molecular weight is 216 g/mol. The van der Waals surface area contributed by atoms with Crippen LogP contribution < -0.4 is 10.2 Å². The molecule has 3 nitrogen and oxygen atoms in total. The Morgan fingerprint density at radius 2 is 2.12 bits per heavy atom. The molecule has 1 aromatic carbocycles. The van der Waals surface area contributed by atoms with E-state index in [0.717, 1.165) is 31.6 Å². The standard InChI is InChI=1S/C13H16N2O/c16-13-6-5-10-3-1-2-4-12(10)15(13)11-7-8-14-9-11/h1-4,11,14H,5-9H2. The van der Waals surface area contributed by atoms with Gasteiger partial charge in [-0.05, 0) is 31.0 Å². The number of rotatable bonds is 1. The van der Waals surface area contributed by atoms with Crippen molar-refractivity contribution in [1.29, 1.82) is 0 Å². The number of hydrogen-bond acceptors (Lipinski definition) is 2. The Hall–Kier alpha value is -1.35. The fraction of sp³-hybridized carbons (Fsp3) is 0.462. The van der Waals surface area contributed by atoms with Crippen LogP contribution in [0.3, 0.4) is 0 Å². The van der Waals surface area contributed by atoms with Crippen LogP contribution in [0.25, 0.3) is 0 Å². The minimum atomic E-state index is 0.285. The lowest BCUT2D eigenvalue weighted by molar-refractivity contribution is -0.119. The molecule has 84 valence electrons. The normalized spacial score (nSPS) is 24.6. The first-order valence-electron chi connectivity index (χ1n) is 5.97. The Kier molecular flexibility index (Phi) is 2.40. The van der Waals surface area contributed by atoms with Gasteiger partial charge in [-0.3, -0.25) is 4.79 Å². The molecule has 2 aliphatic rings. The Morgan fingerprint density at radius 3 is 2.94 bits per heavy atom. The van der Waals surface area contributed by atoms with Crippen LogP contribution in [0.15, 0.2) is 24.3 Å². The van der Waals surface area contributed by atoms with Crippen molar-refractivity contribution in [1.82, 2.24) is 5.32 Å². The SMILES string of the molecule is O=C1CCc2ccccc2N1C1CCNC1. The topological polar surface area (TPSA) is 32.3 Å². The predicted octanol–water partition coefficient (Wildman–Crippen LogP) is 1.33. The van der Waals surface area contributed by atoms with Crippen LogP contribution >= 0.6 is 0 Å². The van der Waals surface area contributed by atoms with Crippen molar-refractivity contribution in [2.45, 2.75) is 25.3 Å². The van der Waals surface area contributed by atoms with Crippen LogP contribution in [0.1, 0.15) is 18.4 Å². The molecule has 1 aromatic rings. The number of aryl methyl sites for hydroxylation is 1. The molecule has 3 heteroatoms. The second kappa shape index (κ2) is 3.91. The summed E-state index contributed by atoms with van der Waals surface area (Å²) in [4.78, 5) is 14.1. The predicted molar refractivity (Wildman–Crippen MR) is 63.5 cm³/mol. The summed E-state index contributed by atoms with van der Waals surface area (Å²) in [6.07, 6.45) is 2.62. The highest BCUT2D eigenvalue weighted by Crippen LogP contribution is 2.30. The molecule has 0 radical (unpaired) electrons. The molecule has 0 aliphatic carbocycles. The molecular weight excluding hydrogens is 200 g/mol. The Morgan fingerprint density at radius 1 is 1.25 bits per heavy atom. The van der Waals surface area contributed by atoms with Crippen molar-refractivity contribution in [3.8, 4) is 0 Å². The molecule has 1 amide bonds. The number of hydrogen-bond donors (Lipinski definition) is 1. The van der Waals surface area contributed by atoms with Gasteiger partial charge in [-0.25, -0.2) is 0 Å². The molecule has 2 aliphatic heterocycles. The maximum atomic E-state index is 12.0. The maximum absolute atomic E-state index is 12.0. The highest BCUT2D eigenvalue weighted by Gasteiger charge is 2.31. The van der Waals surface area contributed by atoms with Crippen LogP contribution in [-0.4, -0.2) is 25.0 Å². The summed E-state index contributed by atoms with van der Waals surface area (Å²) in [5, 5.41) is 3.33. The van der Waals surface area contributed by atoms with Gasteiger partial charge in [-0.1, -0.05) is 18.2 Å². The first-order chi connectivity index (χ1) is 7.86. The molecule has 0 bridgehead atoms. The van der Waals surface area contributed by atoms with E-state index in [1.807, 2.05) is 11.0 Å². The zero-order chi connectivity index (χ0) is 11.0. The zero-order valence-corrected chi connectivity index (χ0v) is 9.28. The third kappa shape index (κ3) is 1.52. The van der Waals surface area contributed by atoms with Gasteiger partial charge in [0.25, 0.3) is 0 Å². The molecule has 2 heterocycles. The lowest BCUT2D eigenvalue weighted by Crippen LogP contribution is -2.44. The number of fused-ring (bicyclic) bond motifs is 1. The zero-order valence-electron chi connectivity index (χ0n) is 9.28. The summed E-state index contributed by atoms with van der Waals surface area (Å²) in [6.45, 7) is 1.96. The van der Waals surface area contributed by atoms with E-state index in [9.17, 15) is 4.79 Å². The summed E-state index contributed by atoms with van der Waals surface area (Å²) < 4.78 is 0. The van der Waals surface area contributed by atoms with E-state index in [4.69, 9.17) is 0 Å². The molecular formula is C13H16N2O. The molecule has 3 rings (SSSR count). The van der Waals surface area contributed by atoms with Gasteiger partial charge in [-0.2, -0.15) is 0 Å². The molecule has 0 aromatic heterocycles. The van der Waals surface area contributed by atoms with Crippen LogP contribution in [0.2, 0.25) is 0 Å². The van der Waals surface area contributed by atoms with E-state index in [1.165, 1.54) is 5.56 Å². The smallest absolute Gasteiger partial charge is 0.227 e. The molecule has 1 fully saturated rings. The van der Waals surface area contributed by atoms with E-state index in [1.54, 1.807) is 0 Å². The van der Waals surface area contributed by atoms with Crippen molar-refractivity contribution in [3.05, 3.63) is 29.8 Å². The highest BCUT2D eigenvalue weighted by atomic mass is 16.2. The van der Waals surface area contributed by atoms with Gasteiger partial charge in [0.1, 0.15) is 0 Å². The van der Waals surface area contributed by atoms with Gasteiger partial charge in [-0.15, -0.1) is 0 Å². The Balaban J connectivity index is 1.99. The monoisotopic (exact) mass is 216 g/mol. The van der Waals surface area contributed by atoms with Gasteiger partial charge < -0.3 is 10.2 Å². The van der Waals surface area contributed by atoms with E-state index < -0.39 is 0 Å². The quantitative estimate of drug-likeness (QED) is 0.768. The van der Waals surface area contributed by atoms with Crippen molar-refractivity contribution in [2.75, 3.05) is 18.0 Å². The second-order valence-electron chi connectivity index (χ2n) is 4.54. The van der Waals surface area contributed by atoms with Crippen molar-refractivity contribution >= 4 is 11.6 Å². The molecule has 1 N–H and O–H groups in total. The first kappa shape index (κ1) is 9.85. The van der Waals surface area contributed by atoms with E-state index >= 15 is 0 Å². The fourth-order valence-electron chi connectivity index (χ4n) is 2.71. The number of amides is 1. The lowest BCUT2D eigenvalue weighted by Gasteiger charge is -2.33. The number of benzene rings is 1. The summed E-state index contributed by atoms with van der Waals surface area (Å²) in [6, 6.07) is 8.64. The number of para-hydroxylation sites is 1. The molecule has 0 saturated carbocycles. The number of anilines is 1. The van der Waals surface area contributed by atoms with Gasteiger partial charge in [0.15, 0.2) is 0 Å². The highest BCUT2D eigenvalue weighted by molar-refractivity contribution is 5.97. The minimum absolute atomic E-state index is 0.285. The number of carbonyl (C=O) groups excluding carboxylic acids is 1. The molecule has 1 atom stereocenters. The third-order valence-corrected chi connectivity index (χ3v) is 3.53. The van der Waals surface area contributed by atoms with Crippen LogP contribution in [-0.2, 0) is 11.2 Å². The lowest BCUT2D eigenvalue weighted by atomic mass is 9.99. The summed E-state index contributed by atoms with van der Waals surface area (Å²) in [5.74, 6) is 0.285. The van der Waals surface area contributed by atoms with Crippen molar-refractivity contribution < 1.29 is 4.79 Å². The van der Waals surface area contributed by atoms with Gasteiger partial charge in [0, 0.05) is 18.7 Å². The largest absolute Gasteiger partial charge is 0.315 e. The number of nitrogens with one attached hydrogen (secondary N) is 1. The molecule has 16 heavy (non-hydrogen) atoms. The molecule has 0 spiro atoms. The number of nitrogens with zero attached hydrogens (tertiary/aromatic N) is 1. The van der Waals surface area contributed by atoms with E-state index in [0.29, 0.717) is 12.5 Å². The maximum Gasteiger partial charge on any atom is 0.227 e. The van der Waals surface area contributed by atoms with Crippen LogP contribution in [0.5, 0.6) is 0 Å². The summed E-state index contributed by atoms with van der Waals surface area (Å²) in [7, 11) is 0. The minimum Gasteiger partial charge on any atom is -0.315 e. The van der Waals surface area contributed by atoms with Crippen molar-refractivity contribution in [3.63, 3.8) is 0 Å². The number of carbonyl (C=O) groups is 1. The van der Waals surface area contributed by atoms with Crippen molar-refractivity contribution in [2.24, 2.45) is 0 Å². The van der Waals surface area contributed by atoms with E-state index in [-0.39, 0.29) is 5.91 Å². The average Bonchev–Trinajstić information content (AvgIpc) is 2.82. The molecule has 1 unspecified atom stereocenters. The third-order valence-electron chi connectivity index (χ3n) is 3.53. The van der Waals surface area contributed by atoms with Gasteiger partial charge >= 0.3 is 0 Å². The van der Waals surface area contributed by atoms with E-state index in [2.05, 4.69) is 23.5 Å². The van der Waals surface area contributed by atoms with Crippen LogP contribution in [0, 0.1) is 0 Å². The van der Waals surface area contributed by atoms with Crippen LogP contribution in [0.4, 0.5) is 5.69 Å². The second-order valence-corrected chi connectivity index (χ2v) is 4.54. The Labute approximate surface area is 95.4 Å². The Bertz CT molecular complexity index is 410. The first-order valence-corrected chi connectivity index (χ1v) is 5.97. The molecule has 1 saturated heterocycles. The van der Waals surface area contributed by atoms with Gasteiger partial charge in [0.05, 0.1) is 6.04 Å². The fourth-order valence-corrected chi connectivity index (χ4v) is 2.71. The summed E-state index contributed by atoms with van der Waals surface area (Å²) in [5.41, 5.74) is 2.45.